The van der Waals surface area contributed by atoms with Crippen molar-refractivity contribution in [2.45, 2.75) is 19.0 Å². The SMILES string of the molecule is O=C(NCc1cnc[nH]1)NC(CCO)C(=O)O. The van der Waals surface area contributed by atoms with Crippen LogP contribution in [0.2, 0.25) is 0 Å². The van der Waals surface area contributed by atoms with Crippen LogP contribution in [0.1, 0.15) is 12.1 Å². The fourth-order valence-electron chi connectivity index (χ4n) is 1.15. The molecule has 0 spiro atoms. The minimum atomic E-state index is -1.18. The highest BCUT2D eigenvalue weighted by Crippen LogP contribution is 1.92. The molecule has 0 radical (unpaired) electrons. The van der Waals surface area contributed by atoms with E-state index in [0.717, 1.165) is 0 Å². The zero-order chi connectivity index (χ0) is 12.7. The number of H-pyrrole nitrogens is 1. The van der Waals surface area contributed by atoms with Gasteiger partial charge in [0.05, 0.1) is 18.6 Å². The van der Waals surface area contributed by atoms with Gasteiger partial charge in [-0.25, -0.2) is 14.6 Å². The van der Waals surface area contributed by atoms with E-state index in [1.165, 1.54) is 6.33 Å². The maximum atomic E-state index is 11.3. The molecule has 94 valence electrons. The number of carbonyl (C=O) groups is 2. The molecule has 1 rings (SSSR count). The van der Waals surface area contributed by atoms with E-state index in [-0.39, 0.29) is 19.6 Å². The molecule has 0 bridgehead atoms. The monoisotopic (exact) mass is 242 g/mol. The molecule has 0 aliphatic rings. The van der Waals surface area contributed by atoms with Gasteiger partial charge in [0.2, 0.25) is 0 Å². The average molecular weight is 242 g/mol. The Bertz CT molecular complexity index is 365. The van der Waals surface area contributed by atoms with Gasteiger partial charge >= 0.3 is 12.0 Å². The molecule has 1 heterocycles. The summed E-state index contributed by atoms with van der Waals surface area (Å²) < 4.78 is 0. The van der Waals surface area contributed by atoms with Gasteiger partial charge in [-0.1, -0.05) is 0 Å². The number of carbonyl (C=O) groups excluding carboxylic acids is 1. The number of amides is 2. The maximum absolute atomic E-state index is 11.3. The van der Waals surface area contributed by atoms with Crippen LogP contribution in [0.4, 0.5) is 4.79 Å². The molecule has 0 aliphatic carbocycles. The smallest absolute Gasteiger partial charge is 0.326 e. The normalized spacial score (nSPS) is 11.8. The molecule has 0 saturated carbocycles. The summed E-state index contributed by atoms with van der Waals surface area (Å²) in [4.78, 5) is 28.6. The Balaban J connectivity index is 2.34. The van der Waals surface area contributed by atoms with Crippen molar-refractivity contribution in [1.29, 1.82) is 0 Å². The summed E-state index contributed by atoms with van der Waals surface area (Å²) in [5, 5.41) is 22.1. The number of hydrogen-bond acceptors (Lipinski definition) is 4. The Morgan fingerprint density at radius 1 is 1.53 bits per heavy atom. The number of carboxylic acid groups (broad SMARTS) is 1. The first-order chi connectivity index (χ1) is 8.13. The lowest BCUT2D eigenvalue weighted by Gasteiger charge is -2.13. The van der Waals surface area contributed by atoms with Gasteiger partial charge in [-0.05, 0) is 0 Å². The van der Waals surface area contributed by atoms with Gasteiger partial charge in [0.15, 0.2) is 0 Å². The Labute approximate surface area is 97.1 Å². The molecule has 8 heteroatoms. The molecular formula is C9H14N4O4. The van der Waals surface area contributed by atoms with Crippen LogP contribution in [0.5, 0.6) is 0 Å². The summed E-state index contributed by atoms with van der Waals surface area (Å²) in [5.74, 6) is -1.18. The van der Waals surface area contributed by atoms with Crippen molar-refractivity contribution in [3.63, 3.8) is 0 Å². The Morgan fingerprint density at radius 3 is 2.82 bits per heavy atom. The third-order valence-corrected chi connectivity index (χ3v) is 2.02. The lowest BCUT2D eigenvalue weighted by atomic mass is 10.2. The van der Waals surface area contributed by atoms with Crippen molar-refractivity contribution >= 4 is 12.0 Å². The topological polar surface area (TPSA) is 127 Å². The number of rotatable bonds is 6. The zero-order valence-corrected chi connectivity index (χ0v) is 9.01. The number of aromatic nitrogens is 2. The second kappa shape index (κ2) is 6.48. The van der Waals surface area contributed by atoms with E-state index in [9.17, 15) is 9.59 Å². The molecule has 1 atom stereocenters. The minimum Gasteiger partial charge on any atom is -0.480 e. The fraction of sp³-hybridized carbons (Fsp3) is 0.444. The number of urea groups is 1. The zero-order valence-electron chi connectivity index (χ0n) is 9.01. The first-order valence-electron chi connectivity index (χ1n) is 4.98. The minimum absolute atomic E-state index is 0.0349. The van der Waals surface area contributed by atoms with Crippen LogP contribution in [0, 0.1) is 0 Å². The second-order valence-electron chi connectivity index (χ2n) is 3.31. The van der Waals surface area contributed by atoms with Crippen LogP contribution >= 0.6 is 0 Å². The van der Waals surface area contributed by atoms with Gasteiger partial charge in [-0.2, -0.15) is 0 Å². The Kier molecular flexibility index (Phi) is 4.95. The van der Waals surface area contributed by atoms with Gasteiger partial charge in [-0.15, -0.1) is 0 Å². The van der Waals surface area contributed by atoms with E-state index in [4.69, 9.17) is 10.2 Å². The lowest BCUT2D eigenvalue weighted by Crippen LogP contribution is -2.46. The average Bonchev–Trinajstić information content (AvgIpc) is 2.78. The van der Waals surface area contributed by atoms with Gasteiger partial charge in [0, 0.05) is 19.2 Å². The Hall–Kier alpha value is -2.09. The van der Waals surface area contributed by atoms with E-state index in [2.05, 4.69) is 20.6 Å². The highest BCUT2D eigenvalue weighted by molar-refractivity contribution is 5.82. The van der Waals surface area contributed by atoms with Crippen molar-refractivity contribution in [2.75, 3.05) is 6.61 Å². The summed E-state index contributed by atoms with van der Waals surface area (Å²) in [7, 11) is 0. The summed E-state index contributed by atoms with van der Waals surface area (Å²) in [6.07, 6.45) is 2.98. The van der Waals surface area contributed by atoms with Crippen LogP contribution in [-0.2, 0) is 11.3 Å². The Morgan fingerprint density at radius 2 is 2.29 bits per heavy atom. The third-order valence-electron chi connectivity index (χ3n) is 2.02. The number of nitrogens with one attached hydrogen (secondary N) is 3. The number of carboxylic acids is 1. The first kappa shape index (κ1) is 13.0. The fourth-order valence-corrected chi connectivity index (χ4v) is 1.15. The van der Waals surface area contributed by atoms with E-state index < -0.39 is 18.0 Å². The molecule has 0 aliphatic heterocycles. The summed E-state index contributed by atoms with van der Waals surface area (Å²) in [6.45, 7) is -0.0882. The number of aliphatic hydroxyl groups is 1. The standard InChI is InChI=1S/C9H14N4O4/c14-2-1-7(8(15)16)13-9(17)11-4-6-3-10-5-12-6/h3,5,7,14H,1-2,4H2,(H,10,12)(H,15,16)(H2,11,13,17). The number of aliphatic carboxylic acids is 1. The molecule has 0 fully saturated rings. The summed E-state index contributed by atoms with van der Waals surface area (Å²) >= 11 is 0. The maximum Gasteiger partial charge on any atom is 0.326 e. The van der Waals surface area contributed by atoms with Crippen molar-refractivity contribution in [2.24, 2.45) is 0 Å². The molecule has 1 aromatic heterocycles. The molecule has 17 heavy (non-hydrogen) atoms. The molecule has 8 nitrogen and oxygen atoms in total. The molecule has 0 saturated heterocycles. The predicted molar refractivity (Wildman–Crippen MR) is 57.1 cm³/mol. The van der Waals surface area contributed by atoms with E-state index >= 15 is 0 Å². The number of nitrogens with zero attached hydrogens (tertiary/aromatic N) is 1. The van der Waals surface area contributed by atoms with Gasteiger partial charge in [0.1, 0.15) is 6.04 Å². The highest BCUT2D eigenvalue weighted by atomic mass is 16.4. The number of imidazole rings is 1. The van der Waals surface area contributed by atoms with Gasteiger partial charge in [-0.3, -0.25) is 0 Å². The number of aliphatic hydroxyl groups excluding tert-OH is 1. The van der Waals surface area contributed by atoms with Crippen LogP contribution in [0.3, 0.4) is 0 Å². The summed E-state index contributed by atoms with van der Waals surface area (Å²) in [5.41, 5.74) is 0.703. The van der Waals surface area contributed by atoms with Crippen LogP contribution in [0.15, 0.2) is 12.5 Å². The second-order valence-corrected chi connectivity index (χ2v) is 3.31. The highest BCUT2D eigenvalue weighted by Gasteiger charge is 2.18. The quantitative estimate of drug-likeness (QED) is 0.439. The van der Waals surface area contributed by atoms with Crippen molar-refractivity contribution in [3.8, 4) is 0 Å². The van der Waals surface area contributed by atoms with Crippen molar-refractivity contribution in [3.05, 3.63) is 18.2 Å². The largest absolute Gasteiger partial charge is 0.480 e. The third kappa shape index (κ3) is 4.51. The van der Waals surface area contributed by atoms with E-state index in [0.29, 0.717) is 5.69 Å². The lowest BCUT2D eigenvalue weighted by molar-refractivity contribution is -0.139. The van der Waals surface area contributed by atoms with Crippen LogP contribution < -0.4 is 10.6 Å². The van der Waals surface area contributed by atoms with E-state index in [1.54, 1.807) is 6.20 Å². The predicted octanol–water partition coefficient (Wildman–Crippen LogP) is -0.955. The molecule has 2 amide bonds. The first-order valence-corrected chi connectivity index (χ1v) is 4.98. The summed E-state index contributed by atoms with van der Waals surface area (Å²) in [6, 6.07) is -1.71. The van der Waals surface area contributed by atoms with Crippen molar-refractivity contribution in [1.82, 2.24) is 20.6 Å². The molecular weight excluding hydrogens is 228 g/mol. The number of hydrogen-bond donors (Lipinski definition) is 5. The van der Waals surface area contributed by atoms with Crippen molar-refractivity contribution < 1.29 is 19.8 Å². The molecule has 0 aromatic carbocycles. The number of aromatic amines is 1. The van der Waals surface area contributed by atoms with E-state index in [1.807, 2.05) is 0 Å². The molecule has 1 aromatic rings. The van der Waals surface area contributed by atoms with Crippen LogP contribution in [-0.4, -0.2) is 44.8 Å². The van der Waals surface area contributed by atoms with Crippen LogP contribution in [0.25, 0.3) is 0 Å². The van der Waals surface area contributed by atoms with Gasteiger partial charge < -0.3 is 25.8 Å². The van der Waals surface area contributed by atoms with Gasteiger partial charge in [0.25, 0.3) is 0 Å². The molecule has 5 N–H and O–H groups in total. The molecule has 1 unspecified atom stereocenters.